The Morgan fingerprint density at radius 2 is 1.74 bits per heavy atom. The molecule has 0 saturated heterocycles. The van der Waals surface area contributed by atoms with E-state index in [1.54, 1.807) is 30.3 Å². The predicted molar refractivity (Wildman–Crippen MR) is 111 cm³/mol. The molecule has 0 N–H and O–H groups in total. The molecule has 27 heavy (non-hydrogen) atoms. The van der Waals surface area contributed by atoms with Gasteiger partial charge in [0.25, 0.3) is 0 Å². The molecule has 0 bridgehead atoms. The Bertz CT molecular complexity index is 1000. The van der Waals surface area contributed by atoms with Gasteiger partial charge < -0.3 is 14.2 Å². The molecular formula is C18H12Cl4O4S. The Morgan fingerprint density at radius 1 is 1.00 bits per heavy atom. The summed E-state index contributed by atoms with van der Waals surface area (Å²) >= 11 is 25.6. The zero-order valence-corrected chi connectivity index (χ0v) is 17.7. The van der Waals surface area contributed by atoms with Crippen molar-refractivity contribution in [1.29, 1.82) is 0 Å². The largest absolute Gasteiger partial charge is 0.495 e. The van der Waals surface area contributed by atoms with Crippen LogP contribution in [0.2, 0.25) is 20.1 Å². The molecule has 0 aliphatic heterocycles. The zero-order chi connectivity index (χ0) is 19.6. The first-order valence-electron chi connectivity index (χ1n) is 7.61. The number of methoxy groups -OCH3 is 1. The Kier molecular flexibility index (Phi) is 6.61. The van der Waals surface area contributed by atoms with E-state index in [9.17, 15) is 4.79 Å². The molecule has 0 radical (unpaired) electrons. The van der Waals surface area contributed by atoms with Crippen molar-refractivity contribution < 1.29 is 19.0 Å². The SMILES string of the molecule is COc1ccc2c(Cl)c(C(=O)OCCOc3ccc(Cl)cc3Cl)sc2c1Cl. The van der Waals surface area contributed by atoms with Gasteiger partial charge in [0.15, 0.2) is 0 Å². The van der Waals surface area contributed by atoms with Crippen LogP contribution in [0.3, 0.4) is 0 Å². The second kappa shape index (κ2) is 8.76. The number of ether oxygens (including phenoxy) is 3. The zero-order valence-electron chi connectivity index (χ0n) is 13.9. The van der Waals surface area contributed by atoms with Crippen molar-refractivity contribution in [2.75, 3.05) is 20.3 Å². The van der Waals surface area contributed by atoms with Gasteiger partial charge in [-0.15, -0.1) is 11.3 Å². The molecule has 0 aliphatic carbocycles. The number of carbonyl (C=O) groups is 1. The first-order chi connectivity index (χ1) is 12.9. The van der Waals surface area contributed by atoms with E-state index in [0.717, 1.165) is 11.3 Å². The molecule has 0 amide bonds. The number of carbonyl (C=O) groups excluding carboxylic acids is 1. The van der Waals surface area contributed by atoms with E-state index in [1.165, 1.54) is 7.11 Å². The van der Waals surface area contributed by atoms with Crippen LogP contribution in [0.5, 0.6) is 11.5 Å². The quantitative estimate of drug-likeness (QED) is 0.298. The van der Waals surface area contributed by atoms with Gasteiger partial charge in [0.2, 0.25) is 0 Å². The molecule has 2 aromatic carbocycles. The third-order valence-corrected chi connectivity index (χ3v) is 6.30. The van der Waals surface area contributed by atoms with Crippen molar-refractivity contribution >= 4 is 73.8 Å². The molecule has 3 rings (SSSR count). The normalized spacial score (nSPS) is 10.9. The number of rotatable bonds is 6. The van der Waals surface area contributed by atoms with Crippen molar-refractivity contribution in [3.63, 3.8) is 0 Å². The van der Waals surface area contributed by atoms with Gasteiger partial charge in [0.05, 0.1) is 21.9 Å². The summed E-state index contributed by atoms with van der Waals surface area (Å²) in [5, 5.41) is 2.26. The number of hydrogen-bond donors (Lipinski definition) is 0. The van der Waals surface area contributed by atoms with E-state index in [0.29, 0.717) is 41.7 Å². The van der Waals surface area contributed by atoms with Gasteiger partial charge in [-0.05, 0) is 30.3 Å². The molecule has 1 heterocycles. The minimum atomic E-state index is -0.554. The van der Waals surface area contributed by atoms with Crippen LogP contribution >= 0.6 is 57.7 Å². The molecular weight excluding hydrogens is 454 g/mol. The van der Waals surface area contributed by atoms with Crippen molar-refractivity contribution in [2.45, 2.75) is 0 Å². The smallest absolute Gasteiger partial charge is 0.350 e. The second-order valence-electron chi connectivity index (χ2n) is 5.26. The highest BCUT2D eigenvalue weighted by atomic mass is 35.5. The Morgan fingerprint density at radius 3 is 2.44 bits per heavy atom. The van der Waals surface area contributed by atoms with Crippen LogP contribution in [0, 0.1) is 0 Å². The van der Waals surface area contributed by atoms with Gasteiger partial charge in [-0.25, -0.2) is 4.79 Å². The van der Waals surface area contributed by atoms with Crippen molar-refractivity contribution in [1.82, 2.24) is 0 Å². The highest BCUT2D eigenvalue weighted by molar-refractivity contribution is 7.22. The van der Waals surface area contributed by atoms with Crippen LogP contribution in [0.4, 0.5) is 0 Å². The highest BCUT2D eigenvalue weighted by Crippen LogP contribution is 2.43. The summed E-state index contributed by atoms with van der Waals surface area (Å²) in [5.74, 6) is 0.410. The summed E-state index contributed by atoms with van der Waals surface area (Å²) in [7, 11) is 1.52. The maximum absolute atomic E-state index is 12.4. The molecule has 0 unspecified atom stereocenters. The van der Waals surface area contributed by atoms with Crippen molar-refractivity contribution in [3.8, 4) is 11.5 Å². The Balaban J connectivity index is 1.66. The molecule has 142 valence electrons. The average molecular weight is 466 g/mol. The highest BCUT2D eigenvalue weighted by Gasteiger charge is 2.21. The summed E-state index contributed by atoms with van der Waals surface area (Å²) in [6.45, 7) is 0.156. The number of benzene rings is 2. The molecule has 1 aromatic heterocycles. The minimum absolute atomic E-state index is 0.0272. The minimum Gasteiger partial charge on any atom is -0.495 e. The van der Waals surface area contributed by atoms with Crippen LogP contribution in [-0.2, 0) is 4.74 Å². The van der Waals surface area contributed by atoms with E-state index in [2.05, 4.69) is 0 Å². The fourth-order valence-corrected chi connectivity index (χ4v) is 4.56. The van der Waals surface area contributed by atoms with Crippen LogP contribution in [-0.4, -0.2) is 26.3 Å². The van der Waals surface area contributed by atoms with Crippen LogP contribution in [0.1, 0.15) is 9.67 Å². The maximum Gasteiger partial charge on any atom is 0.350 e. The molecule has 4 nitrogen and oxygen atoms in total. The van der Waals surface area contributed by atoms with E-state index in [-0.39, 0.29) is 18.1 Å². The molecule has 0 atom stereocenters. The lowest BCUT2D eigenvalue weighted by atomic mass is 10.2. The van der Waals surface area contributed by atoms with Gasteiger partial charge in [-0.1, -0.05) is 46.4 Å². The lowest BCUT2D eigenvalue weighted by Gasteiger charge is -2.08. The molecule has 0 saturated carbocycles. The van der Waals surface area contributed by atoms with Crippen LogP contribution < -0.4 is 9.47 Å². The lowest BCUT2D eigenvalue weighted by molar-refractivity contribution is 0.0456. The van der Waals surface area contributed by atoms with Gasteiger partial charge in [-0.3, -0.25) is 0 Å². The van der Waals surface area contributed by atoms with Gasteiger partial charge >= 0.3 is 5.97 Å². The molecule has 9 heteroatoms. The molecule has 0 spiro atoms. The average Bonchev–Trinajstić information content (AvgIpc) is 2.98. The lowest BCUT2D eigenvalue weighted by Crippen LogP contribution is -2.11. The van der Waals surface area contributed by atoms with E-state index in [1.807, 2.05) is 0 Å². The fourth-order valence-electron chi connectivity index (χ4n) is 2.31. The van der Waals surface area contributed by atoms with Crippen LogP contribution in [0.25, 0.3) is 10.1 Å². The summed E-state index contributed by atoms with van der Waals surface area (Å²) in [4.78, 5) is 12.6. The summed E-state index contributed by atoms with van der Waals surface area (Å²) in [5.41, 5.74) is 0. The molecule has 0 fully saturated rings. The topological polar surface area (TPSA) is 44.8 Å². The Labute approximate surface area is 179 Å². The monoisotopic (exact) mass is 464 g/mol. The number of thiophene rings is 1. The summed E-state index contributed by atoms with van der Waals surface area (Å²) < 4.78 is 16.6. The third-order valence-electron chi connectivity index (χ3n) is 3.57. The predicted octanol–water partition coefficient (Wildman–Crippen LogP) is 6.76. The number of hydrogen-bond acceptors (Lipinski definition) is 5. The Hall–Kier alpha value is -1.37. The van der Waals surface area contributed by atoms with Gasteiger partial charge in [0, 0.05) is 10.4 Å². The van der Waals surface area contributed by atoms with E-state index in [4.69, 9.17) is 60.6 Å². The van der Waals surface area contributed by atoms with E-state index < -0.39 is 5.97 Å². The molecule has 3 aromatic rings. The van der Waals surface area contributed by atoms with E-state index >= 15 is 0 Å². The van der Waals surface area contributed by atoms with Crippen molar-refractivity contribution in [2.24, 2.45) is 0 Å². The standard InChI is InChI=1S/C18H12Cl4O4S/c1-24-13-5-3-10-14(21)17(27-16(10)15(13)22)18(23)26-7-6-25-12-4-2-9(19)8-11(12)20/h2-5,8H,6-7H2,1H3. The number of halogens is 4. The number of esters is 1. The fraction of sp³-hybridized carbons (Fsp3) is 0.167. The number of fused-ring (bicyclic) bond motifs is 1. The summed E-state index contributed by atoms with van der Waals surface area (Å²) in [6, 6.07) is 8.32. The second-order valence-corrected chi connectivity index (χ2v) is 7.88. The van der Waals surface area contributed by atoms with Crippen molar-refractivity contribution in [3.05, 3.63) is 55.3 Å². The molecule has 0 aliphatic rings. The van der Waals surface area contributed by atoms with Gasteiger partial charge in [0.1, 0.15) is 34.6 Å². The first-order valence-corrected chi connectivity index (χ1v) is 9.94. The maximum atomic E-state index is 12.4. The summed E-state index contributed by atoms with van der Waals surface area (Å²) in [6.07, 6.45) is 0. The van der Waals surface area contributed by atoms with Gasteiger partial charge in [-0.2, -0.15) is 0 Å². The van der Waals surface area contributed by atoms with Crippen LogP contribution in [0.15, 0.2) is 30.3 Å². The third kappa shape index (κ3) is 4.39. The first kappa shape index (κ1) is 20.4.